The van der Waals surface area contributed by atoms with Crippen molar-refractivity contribution < 1.29 is 9.53 Å². The van der Waals surface area contributed by atoms with E-state index in [9.17, 15) is 4.79 Å². The molecule has 2 aromatic carbocycles. The maximum atomic E-state index is 13.0. The van der Waals surface area contributed by atoms with Gasteiger partial charge >= 0.3 is 0 Å². The highest BCUT2D eigenvalue weighted by molar-refractivity contribution is 7.16. The van der Waals surface area contributed by atoms with E-state index in [1.54, 1.807) is 11.3 Å². The highest BCUT2D eigenvalue weighted by Crippen LogP contribution is 2.41. The van der Waals surface area contributed by atoms with Crippen molar-refractivity contribution in [3.05, 3.63) is 99.2 Å². The number of nitrogens with one attached hydrogen (secondary N) is 2. The molecule has 0 aliphatic rings. The van der Waals surface area contributed by atoms with Crippen LogP contribution in [0.15, 0.2) is 60.7 Å². The molecule has 0 saturated heterocycles. The van der Waals surface area contributed by atoms with Crippen LogP contribution in [0.4, 0.5) is 10.9 Å². The van der Waals surface area contributed by atoms with Crippen LogP contribution in [0.1, 0.15) is 56.3 Å². The van der Waals surface area contributed by atoms with Crippen LogP contribution in [-0.2, 0) is 0 Å². The summed E-state index contributed by atoms with van der Waals surface area (Å²) in [7, 11) is 0. The predicted molar refractivity (Wildman–Crippen MR) is 143 cm³/mol. The first-order valence-electron chi connectivity index (χ1n) is 11.6. The fourth-order valence-corrected chi connectivity index (χ4v) is 5.11. The molecule has 35 heavy (non-hydrogen) atoms. The zero-order valence-electron chi connectivity index (χ0n) is 20.7. The smallest absolute Gasteiger partial charge is 0.256 e. The second kappa shape index (κ2) is 10.7. The van der Waals surface area contributed by atoms with Crippen LogP contribution in [0, 0.1) is 27.7 Å². The van der Waals surface area contributed by atoms with E-state index < -0.39 is 0 Å². The van der Waals surface area contributed by atoms with Crippen molar-refractivity contribution in [2.75, 3.05) is 17.2 Å². The molecule has 1 unspecified atom stereocenters. The van der Waals surface area contributed by atoms with Crippen molar-refractivity contribution in [2.45, 2.75) is 40.7 Å². The number of carbonyl (C=O) groups excluding carboxylic acids is 1. The Morgan fingerprint density at radius 3 is 2.26 bits per heavy atom. The molecule has 0 aliphatic heterocycles. The number of carbonyl (C=O) groups is 1. The van der Waals surface area contributed by atoms with Crippen molar-refractivity contribution in [3.8, 4) is 5.75 Å². The zero-order valence-corrected chi connectivity index (χ0v) is 21.5. The summed E-state index contributed by atoms with van der Waals surface area (Å²) in [5.74, 6) is 1.22. The SMILES string of the molecule is CCOc1ccc(C(Nc2nc(C)cc(C)n2)c2c(NC(=O)c3ccccc3)sc(C)c2C)cc1. The van der Waals surface area contributed by atoms with Crippen LogP contribution in [0.2, 0.25) is 0 Å². The average Bonchev–Trinajstić information content (AvgIpc) is 3.11. The van der Waals surface area contributed by atoms with Gasteiger partial charge in [0.2, 0.25) is 5.95 Å². The maximum Gasteiger partial charge on any atom is 0.256 e. The van der Waals surface area contributed by atoms with Crippen LogP contribution < -0.4 is 15.4 Å². The number of rotatable bonds is 8. The molecular weight excluding hydrogens is 456 g/mol. The average molecular weight is 487 g/mol. The summed E-state index contributed by atoms with van der Waals surface area (Å²) >= 11 is 1.58. The van der Waals surface area contributed by atoms with Gasteiger partial charge in [0.25, 0.3) is 5.91 Å². The van der Waals surface area contributed by atoms with Crippen LogP contribution in [0.25, 0.3) is 0 Å². The highest BCUT2D eigenvalue weighted by atomic mass is 32.1. The fraction of sp³-hybridized carbons (Fsp3) is 0.250. The Labute approximate surface area is 210 Å². The van der Waals surface area contributed by atoms with Crippen LogP contribution in [-0.4, -0.2) is 22.5 Å². The monoisotopic (exact) mass is 486 g/mol. The molecule has 0 spiro atoms. The third-order valence-electron chi connectivity index (χ3n) is 5.76. The maximum absolute atomic E-state index is 13.0. The molecule has 2 aromatic heterocycles. The third-order valence-corrected chi connectivity index (χ3v) is 6.90. The molecule has 0 aliphatic carbocycles. The summed E-state index contributed by atoms with van der Waals surface area (Å²) in [5.41, 5.74) is 5.54. The number of thiophene rings is 1. The Morgan fingerprint density at radius 2 is 1.63 bits per heavy atom. The number of benzene rings is 2. The van der Waals surface area contributed by atoms with Gasteiger partial charge in [-0.1, -0.05) is 30.3 Å². The van der Waals surface area contributed by atoms with E-state index in [1.807, 2.05) is 81.4 Å². The van der Waals surface area contributed by atoms with Crippen LogP contribution in [0.3, 0.4) is 0 Å². The zero-order chi connectivity index (χ0) is 24.9. The van der Waals surface area contributed by atoms with Gasteiger partial charge in [-0.15, -0.1) is 11.3 Å². The molecule has 0 bridgehead atoms. The number of aryl methyl sites for hydroxylation is 3. The Balaban J connectivity index is 1.78. The van der Waals surface area contributed by atoms with Gasteiger partial charge in [0.05, 0.1) is 12.6 Å². The first kappa shape index (κ1) is 24.4. The van der Waals surface area contributed by atoms with Gasteiger partial charge in [-0.3, -0.25) is 4.79 Å². The van der Waals surface area contributed by atoms with Gasteiger partial charge in [0.15, 0.2) is 0 Å². The van der Waals surface area contributed by atoms with Crippen molar-refractivity contribution in [1.82, 2.24) is 9.97 Å². The molecule has 1 atom stereocenters. The van der Waals surface area contributed by atoms with Gasteiger partial charge in [0.1, 0.15) is 10.8 Å². The quantitative estimate of drug-likeness (QED) is 0.293. The summed E-state index contributed by atoms with van der Waals surface area (Å²) in [6.45, 7) is 10.6. The Bertz CT molecular complexity index is 1300. The molecule has 7 heteroatoms. The first-order chi connectivity index (χ1) is 16.9. The lowest BCUT2D eigenvalue weighted by atomic mass is 9.96. The highest BCUT2D eigenvalue weighted by Gasteiger charge is 2.26. The van der Waals surface area contributed by atoms with E-state index in [4.69, 9.17) is 4.74 Å². The molecule has 4 rings (SSSR count). The van der Waals surface area contributed by atoms with E-state index in [-0.39, 0.29) is 11.9 Å². The van der Waals surface area contributed by atoms with Crippen molar-refractivity contribution in [3.63, 3.8) is 0 Å². The molecule has 4 aromatic rings. The largest absolute Gasteiger partial charge is 0.494 e. The Hall–Kier alpha value is -3.71. The second-order valence-corrected chi connectivity index (χ2v) is 9.62. The van der Waals surface area contributed by atoms with E-state index >= 15 is 0 Å². The van der Waals surface area contributed by atoms with E-state index in [1.165, 1.54) is 0 Å². The molecule has 1 amide bonds. The van der Waals surface area contributed by atoms with Gasteiger partial charge in [-0.2, -0.15) is 0 Å². The number of ether oxygens (including phenoxy) is 1. The summed E-state index contributed by atoms with van der Waals surface area (Å²) in [4.78, 5) is 23.4. The van der Waals surface area contributed by atoms with Crippen molar-refractivity contribution in [1.29, 1.82) is 0 Å². The number of nitrogens with zero attached hydrogens (tertiary/aromatic N) is 2. The number of hydrogen-bond donors (Lipinski definition) is 2. The fourth-order valence-electron chi connectivity index (χ4n) is 4.01. The van der Waals surface area contributed by atoms with Gasteiger partial charge in [0, 0.05) is 27.4 Å². The molecule has 0 radical (unpaired) electrons. The molecule has 6 nitrogen and oxygen atoms in total. The summed E-state index contributed by atoms with van der Waals surface area (Å²) in [5, 5.41) is 7.51. The molecule has 2 N–H and O–H groups in total. The van der Waals surface area contributed by atoms with Crippen molar-refractivity contribution in [2.24, 2.45) is 0 Å². The number of anilines is 2. The molecular formula is C28H30N4O2S. The minimum absolute atomic E-state index is 0.138. The third kappa shape index (κ3) is 5.69. The number of hydrogen-bond acceptors (Lipinski definition) is 6. The van der Waals surface area contributed by atoms with Gasteiger partial charge in [-0.25, -0.2) is 9.97 Å². The minimum Gasteiger partial charge on any atom is -0.494 e. The predicted octanol–water partition coefficient (Wildman–Crippen LogP) is 6.62. The molecule has 0 saturated carbocycles. The lowest BCUT2D eigenvalue weighted by Crippen LogP contribution is -2.19. The molecule has 2 heterocycles. The summed E-state index contributed by atoms with van der Waals surface area (Å²) in [6, 6.07) is 18.9. The Morgan fingerprint density at radius 1 is 0.971 bits per heavy atom. The minimum atomic E-state index is -0.275. The number of amides is 1. The van der Waals surface area contributed by atoms with E-state index in [2.05, 4.69) is 34.4 Å². The lowest BCUT2D eigenvalue weighted by molar-refractivity contribution is 0.102. The normalized spacial score (nSPS) is 11.7. The topological polar surface area (TPSA) is 76.1 Å². The van der Waals surface area contributed by atoms with E-state index in [0.29, 0.717) is 18.1 Å². The molecule has 180 valence electrons. The first-order valence-corrected chi connectivity index (χ1v) is 12.4. The summed E-state index contributed by atoms with van der Waals surface area (Å²) in [6.07, 6.45) is 0. The summed E-state index contributed by atoms with van der Waals surface area (Å²) < 4.78 is 5.65. The molecule has 0 fully saturated rings. The van der Waals surface area contributed by atoms with Gasteiger partial charge < -0.3 is 15.4 Å². The number of aromatic nitrogens is 2. The van der Waals surface area contributed by atoms with Crippen LogP contribution >= 0.6 is 11.3 Å². The standard InChI is InChI=1S/C28H30N4O2S/c1-6-34-23-14-12-21(13-15-23)25(31-28-29-17(2)16-18(3)30-28)24-19(4)20(5)35-27(24)32-26(33)22-10-8-7-9-11-22/h7-16,25H,6H2,1-5H3,(H,32,33)(H,29,30,31). The van der Waals surface area contributed by atoms with Crippen LogP contribution in [0.5, 0.6) is 5.75 Å². The second-order valence-electron chi connectivity index (χ2n) is 8.40. The van der Waals surface area contributed by atoms with Gasteiger partial charge in [-0.05, 0) is 76.1 Å². The lowest BCUT2D eigenvalue weighted by Gasteiger charge is -2.22. The van der Waals surface area contributed by atoms with Crippen molar-refractivity contribution >= 4 is 28.2 Å². The Kier molecular flexibility index (Phi) is 7.46. The van der Waals surface area contributed by atoms with E-state index in [0.717, 1.165) is 43.7 Å².